The van der Waals surface area contributed by atoms with Crippen molar-refractivity contribution in [3.05, 3.63) is 103 Å². The lowest BCUT2D eigenvalue weighted by atomic mass is 9.95. The third-order valence-electron chi connectivity index (χ3n) is 6.66. The first-order chi connectivity index (χ1) is 18.5. The summed E-state index contributed by atoms with van der Waals surface area (Å²) in [6.07, 6.45) is 5.76. The average molecular weight is 528 g/mol. The van der Waals surface area contributed by atoms with E-state index >= 15 is 0 Å². The second kappa shape index (κ2) is 9.50. The highest BCUT2D eigenvalue weighted by Gasteiger charge is 2.34. The molecule has 192 valence electrons. The molecule has 1 atom stereocenters. The maximum Gasteiger partial charge on any atom is 0.338 e. The minimum Gasteiger partial charge on any atom is -0.463 e. The first kappa shape index (κ1) is 24.0. The van der Waals surface area contributed by atoms with Crippen LogP contribution in [0, 0.1) is 0 Å². The third kappa shape index (κ3) is 3.86. The quantitative estimate of drug-likeness (QED) is 0.282. The average Bonchev–Trinajstić information content (AvgIpc) is 3.60. The van der Waals surface area contributed by atoms with Gasteiger partial charge in [0.2, 0.25) is 6.79 Å². The predicted octanol–water partition coefficient (Wildman–Crippen LogP) is 3.67. The molecule has 0 radical (unpaired) electrons. The van der Waals surface area contributed by atoms with E-state index in [0.717, 1.165) is 16.5 Å². The number of esters is 1. The molecule has 0 N–H and O–H groups in total. The zero-order valence-electron chi connectivity index (χ0n) is 21.0. The minimum absolute atomic E-state index is 0.126. The van der Waals surface area contributed by atoms with Crippen molar-refractivity contribution >= 4 is 34.3 Å². The minimum atomic E-state index is -0.718. The van der Waals surface area contributed by atoms with Crippen LogP contribution in [0.15, 0.2) is 82.4 Å². The Hall–Kier alpha value is -4.37. The van der Waals surface area contributed by atoms with Crippen LogP contribution in [-0.4, -0.2) is 28.5 Å². The second-order valence-electron chi connectivity index (χ2n) is 8.96. The topological polar surface area (TPSA) is 84.0 Å². The van der Waals surface area contributed by atoms with Gasteiger partial charge in [-0.3, -0.25) is 9.36 Å². The summed E-state index contributed by atoms with van der Waals surface area (Å²) in [6.45, 7) is 8.37. The number of nitrogens with zero attached hydrogens (tertiary/aromatic N) is 3. The van der Waals surface area contributed by atoms with Crippen LogP contribution in [0.5, 0.6) is 11.5 Å². The van der Waals surface area contributed by atoms with Gasteiger partial charge in [0, 0.05) is 29.2 Å². The molecular weight excluding hydrogens is 502 g/mol. The molecule has 4 heterocycles. The molecule has 2 aromatic heterocycles. The number of carbonyl (C=O) groups excluding carboxylic acids is 1. The summed E-state index contributed by atoms with van der Waals surface area (Å²) in [6, 6.07) is 12.8. The molecule has 2 aromatic carbocycles. The highest BCUT2D eigenvalue weighted by atomic mass is 32.1. The molecule has 8 nitrogen and oxygen atoms in total. The van der Waals surface area contributed by atoms with Gasteiger partial charge in [0.25, 0.3) is 5.56 Å². The van der Waals surface area contributed by atoms with E-state index in [4.69, 9.17) is 14.2 Å². The normalized spacial score (nSPS) is 16.5. The molecule has 0 aliphatic carbocycles. The maximum atomic E-state index is 14.0. The molecular formula is C29H25N3O5S. The lowest BCUT2D eigenvalue weighted by Crippen LogP contribution is -2.39. The number of para-hydroxylation sites is 1. The van der Waals surface area contributed by atoms with E-state index in [1.54, 1.807) is 24.5 Å². The summed E-state index contributed by atoms with van der Waals surface area (Å²) < 4.78 is 20.6. The van der Waals surface area contributed by atoms with Gasteiger partial charge in [0.05, 0.1) is 28.5 Å². The van der Waals surface area contributed by atoms with Crippen LogP contribution < -0.4 is 24.4 Å². The number of aromatic nitrogens is 2. The lowest BCUT2D eigenvalue weighted by Gasteiger charge is -2.24. The van der Waals surface area contributed by atoms with Crippen molar-refractivity contribution in [3.8, 4) is 11.5 Å². The number of hydrogen-bond donors (Lipinski definition) is 0. The smallest absolute Gasteiger partial charge is 0.338 e. The molecule has 9 heteroatoms. The van der Waals surface area contributed by atoms with Gasteiger partial charge in [0.1, 0.15) is 0 Å². The van der Waals surface area contributed by atoms with Crippen molar-refractivity contribution in [3.63, 3.8) is 0 Å². The van der Waals surface area contributed by atoms with Crippen LogP contribution >= 0.6 is 11.3 Å². The summed E-state index contributed by atoms with van der Waals surface area (Å²) in [5, 5.41) is 1.04. The summed E-state index contributed by atoms with van der Waals surface area (Å²) >= 11 is 1.30. The van der Waals surface area contributed by atoms with Gasteiger partial charge < -0.3 is 18.8 Å². The van der Waals surface area contributed by atoms with Gasteiger partial charge in [-0.1, -0.05) is 41.7 Å². The number of ether oxygens (including phenoxy) is 3. The van der Waals surface area contributed by atoms with Crippen molar-refractivity contribution in [2.24, 2.45) is 4.99 Å². The van der Waals surface area contributed by atoms with Crippen LogP contribution in [0.3, 0.4) is 0 Å². The monoisotopic (exact) mass is 527 g/mol. The number of thiazole rings is 1. The molecule has 0 spiro atoms. The van der Waals surface area contributed by atoms with Crippen LogP contribution in [0.25, 0.3) is 17.0 Å². The van der Waals surface area contributed by atoms with Crippen LogP contribution in [0.2, 0.25) is 0 Å². The maximum absolute atomic E-state index is 14.0. The molecule has 0 fully saturated rings. The summed E-state index contributed by atoms with van der Waals surface area (Å²) in [4.78, 5) is 32.3. The summed E-state index contributed by atoms with van der Waals surface area (Å²) in [5.74, 6) is 0.686. The standard InChI is InChI=1S/C29H25N3O5S/c1-4-12-31-15-19(20-8-6-7-9-21(20)31)14-24-27(33)32-26(18-10-11-22-23(13-18)37-16-36-22)25(28(34)35-5-2)17(3)30-29(32)38-24/h4,6-11,13-15,26H,1,5,12,16H2,2-3H3/b24-14+/t26-/m1/s1. The number of rotatable bonds is 6. The molecule has 6 rings (SSSR count). The van der Waals surface area contributed by atoms with Gasteiger partial charge in [-0.2, -0.15) is 0 Å². The molecule has 38 heavy (non-hydrogen) atoms. The van der Waals surface area contributed by atoms with Crippen molar-refractivity contribution in [1.29, 1.82) is 0 Å². The van der Waals surface area contributed by atoms with Gasteiger partial charge in [-0.15, -0.1) is 6.58 Å². The molecule has 2 aliphatic heterocycles. The number of fused-ring (bicyclic) bond motifs is 3. The Labute approximate surface area is 222 Å². The van der Waals surface area contributed by atoms with E-state index in [0.29, 0.717) is 44.2 Å². The number of allylic oxidation sites excluding steroid dienone is 2. The molecule has 0 saturated carbocycles. The lowest BCUT2D eigenvalue weighted by molar-refractivity contribution is -0.139. The van der Waals surface area contributed by atoms with Gasteiger partial charge in [-0.25, -0.2) is 9.79 Å². The van der Waals surface area contributed by atoms with Crippen LogP contribution in [0.1, 0.15) is 31.0 Å². The zero-order chi connectivity index (χ0) is 26.4. The van der Waals surface area contributed by atoms with Gasteiger partial charge in [-0.05, 0) is 43.7 Å². The number of hydrogen-bond acceptors (Lipinski definition) is 7. The number of carbonyl (C=O) groups is 1. The highest BCUT2D eigenvalue weighted by Crippen LogP contribution is 2.38. The van der Waals surface area contributed by atoms with E-state index in [2.05, 4.69) is 16.1 Å². The van der Waals surface area contributed by atoms with Gasteiger partial charge in [0.15, 0.2) is 16.3 Å². The van der Waals surface area contributed by atoms with E-state index in [-0.39, 0.29) is 19.0 Å². The Morgan fingerprint density at radius 1 is 1.24 bits per heavy atom. The SMILES string of the molecule is C=CCn1cc(/C=c2/sc3n(c2=O)[C@H](c2ccc4c(c2)OCO4)C(C(=O)OCC)=C(C)N=3)c2ccccc21. The molecule has 0 bridgehead atoms. The van der Waals surface area contributed by atoms with Crippen LogP contribution in [-0.2, 0) is 16.1 Å². The second-order valence-corrected chi connectivity index (χ2v) is 9.97. The number of benzene rings is 2. The largest absolute Gasteiger partial charge is 0.463 e. The highest BCUT2D eigenvalue weighted by molar-refractivity contribution is 7.07. The Balaban J connectivity index is 1.56. The fourth-order valence-electron chi connectivity index (χ4n) is 5.01. The molecule has 0 saturated heterocycles. The summed E-state index contributed by atoms with van der Waals surface area (Å²) in [5.41, 5.74) is 3.31. The fourth-order valence-corrected chi connectivity index (χ4v) is 6.05. The van der Waals surface area contributed by atoms with Crippen molar-refractivity contribution in [1.82, 2.24) is 9.13 Å². The van der Waals surface area contributed by atoms with Crippen molar-refractivity contribution in [2.45, 2.75) is 26.4 Å². The van der Waals surface area contributed by atoms with E-state index in [9.17, 15) is 9.59 Å². The van der Waals surface area contributed by atoms with Crippen LogP contribution in [0.4, 0.5) is 0 Å². The van der Waals surface area contributed by atoms with E-state index in [1.165, 1.54) is 11.3 Å². The Bertz CT molecular complexity index is 1820. The third-order valence-corrected chi connectivity index (χ3v) is 7.64. The van der Waals surface area contributed by atoms with E-state index in [1.807, 2.05) is 54.7 Å². The molecule has 2 aliphatic rings. The zero-order valence-corrected chi connectivity index (χ0v) is 21.8. The molecule has 4 aromatic rings. The fraction of sp³-hybridized carbons (Fsp3) is 0.207. The Morgan fingerprint density at radius 3 is 2.87 bits per heavy atom. The first-order valence-electron chi connectivity index (χ1n) is 12.3. The molecule has 0 amide bonds. The predicted molar refractivity (Wildman–Crippen MR) is 145 cm³/mol. The Morgan fingerprint density at radius 2 is 2.05 bits per heavy atom. The molecule has 0 unspecified atom stereocenters. The van der Waals surface area contributed by atoms with Gasteiger partial charge >= 0.3 is 5.97 Å². The first-order valence-corrected chi connectivity index (χ1v) is 13.1. The van der Waals surface area contributed by atoms with Crippen molar-refractivity contribution in [2.75, 3.05) is 13.4 Å². The van der Waals surface area contributed by atoms with E-state index < -0.39 is 12.0 Å². The Kier molecular flexibility index (Phi) is 6.00. The van der Waals surface area contributed by atoms with Crippen molar-refractivity contribution < 1.29 is 19.0 Å². The summed E-state index contributed by atoms with van der Waals surface area (Å²) in [7, 11) is 0.